The number of carbonyl (C=O) groups is 1. The minimum absolute atomic E-state index is 0.197. The first-order valence-corrected chi connectivity index (χ1v) is 16.0. The van der Waals surface area contributed by atoms with Crippen molar-refractivity contribution in [3.63, 3.8) is 0 Å². The summed E-state index contributed by atoms with van der Waals surface area (Å²) in [5, 5.41) is 10.6. The second-order valence-corrected chi connectivity index (χ2v) is 14.1. The van der Waals surface area contributed by atoms with E-state index < -0.39 is 17.7 Å². The van der Waals surface area contributed by atoms with Crippen molar-refractivity contribution in [2.24, 2.45) is 12.5 Å². The molecule has 1 saturated heterocycles. The van der Waals surface area contributed by atoms with Gasteiger partial charge in [0, 0.05) is 61.3 Å². The zero-order valence-corrected chi connectivity index (χ0v) is 28.1. The SMILES string of the molecule is Cc1nc(-c2ccn(C)c2)c(-c2ccc(OCCc3ccc(F)cc3)cc2)c(N2CCC(C)(C)CC2)c1[C@H](OC(C)(C)C)C(=O)O. The molecule has 0 amide bonds. The van der Waals surface area contributed by atoms with E-state index in [9.17, 15) is 14.3 Å². The molecule has 5 rings (SSSR count). The number of rotatable bonds is 10. The highest BCUT2D eigenvalue weighted by Gasteiger charge is 2.37. The number of pyridine rings is 1. The lowest BCUT2D eigenvalue weighted by Gasteiger charge is -2.41. The molecule has 4 aromatic rings. The molecule has 0 aliphatic carbocycles. The zero-order chi connectivity index (χ0) is 33.2. The maximum absolute atomic E-state index is 13.3. The van der Waals surface area contributed by atoms with E-state index in [-0.39, 0.29) is 11.2 Å². The van der Waals surface area contributed by atoms with E-state index in [0.717, 1.165) is 59.6 Å². The van der Waals surface area contributed by atoms with Crippen molar-refractivity contribution < 1.29 is 23.8 Å². The number of nitrogens with zero attached hydrogens (tertiary/aromatic N) is 3. The molecule has 8 heteroatoms. The van der Waals surface area contributed by atoms with Crippen LogP contribution < -0.4 is 9.64 Å². The molecule has 0 bridgehead atoms. The molecule has 1 aliphatic heterocycles. The molecular weight excluding hydrogens is 581 g/mol. The van der Waals surface area contributed by atoms with E-state index in [1.807, 2.05) is 82.0 Å². The summed E-state index contributed by atoms with van der Waals surface area (Å²) < 4.78 is 27.6. The van der Waals surface area contributed by atoms with Gasteiger partial charge in [-0.1, -0.05) is 38.1 Å². The summed E-state index contributed by atoms with van der Waals surface area (Å²) in [5.41, 5.74) is 6.15. The molecule has 2 aromatic carbocycles. The highest BCUT2D eigenvalue weighted by Crippen LogP contribution is 2.47. The van der Waals surface area contributed by atoms with E-state index in [4.69, 9.17) is 14.5 Å². The number of ether oxygens (including phenoxy) is 2. The molecule has 1 N–H and O–H groups in total. The number of hydrogen-bond donors (Lipinski definition) is 1. The van der Waals surface area contributed by atoms with Crippen molar-refractivity contribution in [1.29, 1.82) is 0 Å². The Morgan fingerprint density at radius 3 is 2.24 bits per heavy atom. The second-order valence-electron chi connectivity index (χ2n) is 14.1. The molecule has 46 heavy (non-hydrogen) atoms. The Bertz CT molecular complexity index is 1660. The van der Waals surface area contributed by atoms with Crippen molar-refractivity contribution in [2.45, 2.75) is 72.5 Å². The first kappa shape index (κ1) is 33.2. The van der Waals surface area contributed by atoms with Crippen LogP contribution in [0.2, 0.25) is 0 Å². The Morgan fingerprint density at radius 2 is 1.67 bits per heavy atom. The lowest BCUT2D eigenvalue weighted by molar-refractivity contribution is -0.160. The minimum atomic E-state index is -1.20. The highest BCUT2D eigenvalue weighted by molar-refractivity contribution is 5.94. The van der Waals surface area contributed by atoms with E-state index >= 15 is 0 Å². The maximum Gasteiger partial charge on any atom is 0.337 e. The first-order chi connectivity index (χ1) is 21.7. The number of carboxylic acids is 1. The summed E-state index contributed by atoms with van der Waals surface area (Å²) in [6, 6.07) is 16.4. The van der Waals surface area contributed by atoms with Crippen LogP contribution in [0.15, 0.2) is 67.0 Å². The lowest BCUT2D eigenvalue weighted by atomic mass is 9.81. The lowest BCUT2D eigenvalue weighted by Crippen LogP contribution is -2.39. The molecule has 7 nitrogen and oxygen atoms in total. The predicted octanol–water partition coefficient (Wildman–Crippen LogP) is 8.39. The average Bonchev–Trinajstić information content (AvgIpc) is 3.42. The normalized spacial score (nSPS) is 15.5. The molecule has 244 valence electrons. The van der Waals surface area contributed by atoms with Gasteiger partial charge in [0.2, 0.25) is 0 Å². The van der Waals surface area contributed by atoms with Crippen LogP contribution in [0.3, 0.4) is 0 Å². The Labute approximate surface area is 272 Å². The van der Waals surface area contributed by atoms with Crippen LogP contribution in [-0.2, 0) is 23.0 Å². The molecule has 3 heterocycles. The molecule has 1 fully saturated rings. The van der Waals surface area contributed by atoms with Crippen LogP contribution >= 0.6 is 0 Å². The Balaban J connectivity index is 1.63. The number of aliphatic carboxylic acids is 1. The molecular formula is C38H46FN3O4. The quantitative estimate of drug-likeness (QED) is 0.190. The van der Waals surface area contributed by atoms with Gasteiger partial charge in [-0.25, -0.2) is 9.18 Å². The van der Waals surface area contributed by atoms with Gasteiger partial charge in [-0.2, -0.15) is 0 Å². The summed E-state index contributed by atoms with van der Waals surface area (Å²) in [4.78, 5) is 20.4. The molecule has 0 unspecified atom stereocenters. The summed E-state index contributed by atoms with van der Waals surface area (Å²) >= 11 is 0. The van der Waals surface area contributed by atoms with Gasteiger partial charge in [0.05, 0.1) is 23.6 Å². The molecule has 0 spiro atoms. The van der Waals surface area contributed by atoms with Gasteiger partial charge in [0.1, 0.15) is 11.6 Å². The van der Waals surface area contributed by atoms with E-state index in [0.29, 0.717) is 30.0 Å². The Kier molecular flexibility index (Phi) is 9.59. The summed E-state index contributed by atoms with van der Waals surface area (Å²) in [5.74, 6) is -0.578. The number of aromatic nitrogens is 2. The van der Waals surface area contributed by atoms with Gasteiger partial charge in [0.15, 0.2) is 6.10 Å². The summed E-state index contributed by atoms with van der Waals surface area (Å²) in [7, 11) is 1.98. The fraction of sp³-hybridized carbons (Fsp3) is 0.421. The van der Waals surface area contributed by atoms with Crippen molar-refractivity contribution in [1.82, 2.24) is 9.55 Å². The topological polar surface area (TPSA) is 76.8 Å². The van der Waals surface area contributed by atoms with Crippen LogP contribution in [-0.4, -0.2) is 45.9 Å². The molecule has 2 aromatic heterocycles. The van der Waals surface area contributed by atoms with Crippen molar-refractivity contribution in [2.75, 3.05) is 24.6 Å². The summed E-state index contributed by atoms with van der Waals surface area (Å²) in [6.45, 7) is 14.1. The number of benzene rings is 2. The average molecular weight is 628 g/mol. The molecule has 1 aliphatic rings. The van der Waals surface area contributed by atoms with Crippen molar-refractivity contribution in [3.8, 4) is 28.1 Å². The van der Waals surface area contributed by atoms with Gasteiger partial charge in [-0.3, -0.25) is 4.98 Å². The molecule has 0 saturated carbocycles. The van der Waals surface area contributed by atoms with Crippen LogP contribution in [0.4, 0.5) is 10.1 Å². The summed E-state index contributed by atoms with van der Waals surface area (Å²) in [6.07, 6.45) is 5.45. The number of anilines is 1. The largest absolute Gasteiger partial charge is 0.493 e. The van der Waals surface area contributed by atoms with Crippen LogP contribution in [0.25, 0.3) is 22.4 Å². The highest BCUT2D eigenvalue weighted by atomic mass is 19.1. The fourth-order valence-corrected chi connectivity index (χ4v) is 6.05. The van der Waals surface area contributed by atoms with E-state index in [1.165, 1.54) is 12.1 Å². The van der Waals surface area contributed by atoms with Gasteiger partial charge < -0.3 is 24.0 Å². The van der Waals surface area contributed by atoms with E-state index in [2.05, 4.69) is 18.7 Å². The Hall–Kier alpha value is -4.17. The van der Waals surface area contributed by atoms with Crippen LogP contribution in [0, 0.1) is 18.2 Å². The molecule has 0 radical (unpaired) electrons. The van der Waals surface area contributed by atoms with Gasteiger partial charge in [-0.05, 0) is 87.4 Å². The third-order valence-electron chi connectivity index (χ3n) is 8.61. The second kappa shape index (κ2) is 13.3. The monoisotopic (exact) mass is 627 g/mol. The fourth-order valence-electron chi connectivity index (χ4n) is 6.05. The number of hydrogen-bond acceptors (Lipinski definition) is 5. The molecule has 1 atom stereocenters. The third-order valence-corrected chi connectivity index (χ3v) is 8.61. The Morgan fingerprint density at radius 1 is 1.02 bits per heavy atom. The standard InChI is InChI=1S/C38H46FN3O4/c1-25-31(35(36(43)44)46-37(2,3)4)34(42-21-18-38(5,6)19-22-42)32(33(40-25)28-16-20-41(7)24-28)27-10-14-30(15-11-27)45-23-17-26-8-12-29(39)13-9-26/h8-16,20,24,35H,17-19,21-23H2,1-7H3,(H,43,44)/t35-/m0/s1. The van der Waals surface area contributed by atoms with Gasteiger partial charge in [-0.15, -0.1) is 0 Å². The van der Waals surface area contributed by atoms with Crippen molar-refractivity contribution in [3.05, 3.63) is 89.6 Å². The smallest absolute Gasteiger partial charge is 0.337 e. The van der Waals surface area contributed by atoms with Gasteiger partial charge in [0.25, 0.3) is 0 Å². The zero-order valence-electron chi connectivity index (χ0n) is 28.1. The number of halogens is 1. The number of piperidine rings is 1. The maximum atomic E-state index is 13.3. The first-order valence-electron chi connectivity index (χ1n) is 16.0. The predicted molar refractivity (Wildman–Crippen MR) is 181 cm³/mol. The van der Waals surface area contributed by atoms with Crippen molar-refractivity contribution >= 4 is 11.7 Å². The van der Waals surface area contributed by atoms with Crippen LogP contribution in [0.5, 0.6) is 5.75 Å². The van der Waals surface area contributed by atoms with Gasteiger partial charge >= 0.3 is 5.97 Å². The van der Waals surface area contributed by atoms with E-state index in [1.54, 1.807) is 12.1 Å². The third kappa shape index (κ3) is 7.79. The number of aryl methyl sites for hydroxylation is 2. The minimum Gasteiger partial charge on any atom is -0.493 e. The number of carboxylic acid groups (broad SMARTS) is 1. The van der Waals surface area contributed by atoms with Crippen LogP contribution in [0.1, 0.15) is 70.4 Å².